The summed E-state index contributed by atoms with van der Waals surface area (Å²) in [5.41, 5.74) is 2.43. The molecule has 1 aromatic rings. The Labute approximate surface area is 240 Å². The zero-order valence-electron chi connectivity index (χ0n) is 19.9. The molecule has 0 heterocycles. The molecule has 33 heavy (non-hydrogen) atoms. The summed E-state index contributed by atoms with van der Waals surface area (Å²) in [4.78, 5) is 19.7. The molecule has 0 saturated carbocycles. The second kappa shape index (κ2) is 23.6. The van der Waals surface area contributed by atoms with Crippen LogP contribution in [0.15, 0.2) is 85.5 Å². The van der Waals surface area contributed by atoms with Gasteiger partial charge in [0.1, 0.15) is 0 Å². The number of carbonyl (C=O) groups excluding carboxylic acids is 1. The zero-order chi connectivity index (χ0) is 25.7. The summed E-state index contributed by atoms with van der Waals surface area (Å²) in [6.45, 7) is 18.5. The van der Waals surface area contributed by atoms with E-state index in [1.54, 1.807) is 6.08 Å². The van der Waals surface area contributed by atoms with Gasteiger partial charge >= 0.3 is 57.4 Å². The summed E-state index contributed by atoms with van der Waals surface area (Å²) in [7, 11) is -3.93. The van der Waals surface area contributed by atoms with Crippen molar-refractivity contribution < 1.29 is 84.2 Å². The number of rotatable bonds is 8. The molecule has 0 fully saturated rings. The minimum atomic E-state index is -3.93. The fourth-order valence-corrected chi connectivity index (χ4v) is 1.79. The van der Waals surface area contributed by atoms with Crippen molar-refractivity contribution in [2.75, 3.05) is 5.75 Å². The first-order valence-corrected chi connectivity index (χ1v) is 11.0. The summed E-state index contributed by atoms with van der Waals surface area (Å²) in [5, 5.41) is 18.0. The molecule has 0 unspecified atom stereocenters. The molecule has 0 aliphatic carbocycles. The molecule has 0 radical (unpaired) electrons. The minimum Gasteiger partial charge on any atom is -0.545 e. The van der Waals surface area contributed by atoms with Crippen LogP contribution in [0.3, 0.4) is 0 Å². The first-order valence-electron chi connectivity index (χ1n) is 9.35. The SMILES string of the molecule is C=C(C)C(=O)O.C=CC(=C)C.C=Cc1ccccc1.CC(=CCCCS(=O)(=O)O)C(=O)[O-].[K+]. The molecule has 0 saturated heterocycles. The molecule has 2 N–H and O–H groups in total. The standard InChI is InChI=1S/C8H8.C7H12O5S.C5H8.C4H6O2.K/c1-2-8-6-4-3-5-7-8;1-6(7(8)9)4-2-3-5-13(10,11)12;1-4-5(2)3;1-3(2)4(5)6;/h2-7H,1H2;4H,2-3,5H2,1H3,(H,8,9)(H,10,11,12);4H,1-2H2,3H3;1H2,2H3,(H,5,6);/q;;;;+1/p-1. The second-order valence-corrected chi connectivity index (χ2v) is 7.93. The molecule has 1 aromatic carbocycles. The Morgan fingerprint density at radius 1 is 1.06 bits per heavy atom. The quantitative estimate of drug-likeness (QED) is 0.178. The van der Waals surface area contributed by atoms with Crippen molar-refractivity contribution in [1.82, 2.24) is 0 Å². The monoisotopic (exact) mass is 504 g/mol. The molecule has 9 heteroatoms. The van der Waals surface area contributed by atoms with Gasteiger partial charge in [-0.05, 0) is 44.7 Å². The third kappa shape index (κ3) is 35.2. The van der Waals surface area contributed by atoms with Crippen LogP contribution >= 0.6 is 0 Å². The van der Waals surface area contributed by atoms with Crippen molar-refractivity contribution in [2.24, 2.45) is 0 Å². The van der Waals surface area contributed by atoms with E-state index in [4.69, 9.17) is 9.66 Å². The van der Waals surface area contributed by atoms with E-state index in [9.17, 15) is 23.1 Å². The molecule has 0 aromatic heterocycles. The Morgan fingerprint density at radius 3 is 1.73 bits per heavy atom. The summed E-state index contributed by atoms with van der Waals surface area (Å²) in [6.07, 6.45) is 5.41. The normalized spacial score (nSPS) is 9.52. The third-order valence-electron chi connectivity index (χ3n) is 3.13. The molecule has 7 nitrogen and oxygen atoms in total. The maximum atomic E-state index is 10.2. The van der Waals surface area contributed by atoms with Gasteiger partial charge in [-0.1, -0.05) is 80.4 Å². The number of hydrogen-bond acceptors (Lipinski definition) is 5. The summed E-state index contributed by atoms with van der Waals surface area (Å²) in [6, 6.07) is 10.0. The van der Waals surface area contributed by atoms with Gasteiger partial charge in [-0.25, -0.2) is 4.79 Å². The minimum absolute atomic E-state index is 0. The Hall–Kier alpha value is -1.59. The first-order chi connectivity index (χ1) is 14.7. The van der Waals surface area contributed by atoms with Crippen LogP contribution in [0.4, 0.5) is 0 Å². The fourth-order valence-electron chi connectivity index (χ4n) is 1.26. The van der Waals surface area contributed by atoms with Crippen LogP contribution in [0.2, 0.25) is 0 Å². The van der Waals surface area contributed by atoms with E-state index in [1.165, 1.54) is 25.5 Å². The van der Waals surface area contributed by atoms with Crippen LogP contribution in [0.5, 0.6) is 0 Å². The number of aliphatic carboxylic acids is 2. The Morgan fingerprint density at radius 2 is 1.48 bits per heavy atom. The first kappa shape index (κ1) is 38.7. The molecular formula is C24H33KO7S. The van der Waals surface area contributed by atoms with E-state index >= 15 is 0 Å². The third-order valence-corrected chi connectivity index (χ3v) is 3.93. The second-order valence-electron chi connectivity index (χ2n) is 6.35. The molecule has 1 rings (SSSR count). The van der Waals surface area contributed by atoms with E-state index < -0.39 is 22.1 Å². The van der Waals surface area contributed by atoms with E-state index in [0.29, 0.717) is 6.42 Å². The van der Waals surface area contributed by atoms with Gasteiger partial charge in [-0.3, -0.25) is 4.55 Å². The van der Waals surface area contributed by atoms with E-state index in [0.717, 1.165) is 5.57 Å². The number of allylic oxidation sites excluding steroid dienone is 3. The number of hydrogen-bond donors (Lipinski definition) is 2. The Balaban J connectivity index is -0.000000181. The Kier molecular flexibility index (Phi) is 27.6. The van der Waals surface area contributed by atoms with Crippen molar-refractivity contribution in [3.05, 3.63) is 91.1 Å². The number of unbranched alkanes of at least 4 members (excludes halogenated alkanes) is 1. The van der Waals surface area contributed by atoms with Crippen molar-refractivity contribution in [3.63, 3.8) is 0 Å². The van der Waals surface area contributed by atoms with Gasteiger partial charge in [0.05, 0.1) is 11.7 Å². The predicted octanol–water partition coefficient (Wildman–Crippen LogP) is 1.08. The average Bonchev–Trinajstić information content (AvgIpc) is 2.72. The van der Waals surface area contributed by atoms with Gasteiger partial charge < -0.3 is 15.0 Å². The zero-order valence-corrected chi connectivity index (χ0v) is 23.9. The topological polar surface area (TPSA) is 132 Å². The molecule has 0 spiro atoms. The van der Waals surface area contributed by atoms with Gasteiger partial charge in [0, 0.05) is 5.57 Å². The molecule has 0 aliphatic rings. The van der Waals surface area contributed by atoms with Gasteiger partial charge in [0.25, 0.3) is 10.1 Å². The predicted molar refractivity (Wildman–Crippen MR) is 128 cm³/mol. The number of carboxylic acids is 2. The van der Waals surface area contributed by atoms with Crippen molar-refractivity contribution in [1.29, 1.82) is 0 Å². The largest absolute Gasteiger partial charge is 1.00 e. The summed E-state index contributed by atoms with van der Waals surface area (Å²) >= 11 is 0. The van der Waals surface area contributed by atoms with Crippen LogP contribution in [0.25, 0.3) is 6.08 Å². The average molecular weight is 505 g/mol. The molecule has 178 valence electrons. The van der Waals surface area contributed by atoms with E-state index in [1.807, 2.05) is 43.3 Å². The molecule has 0 bridgehead atoms. The van der Waals surface area contributed by atoms with Crippen molar-refractivity contribution >= 4 is 28.1 Å². The van der Waals surface area contributed by atoms with Gasteiger partial charge in [-0.2, -0.15) is 8.42 Å². The molecule has 0 aliphatic heterocycles. The molecular weight excluding hydrogens is 471 g/mol. The van der Waals surface area contributed by atoms with Gasteiger partial charge in [0.2, 0.25) is 0 Å². The van der Waals surface area contributed by atoms with Gasteiger partial charge in [0.15, 0.2) is 0 Å². The van der Waals surface area contributed by atoms with E-state index in [2.05, 4.69) is 26.3 Å². The number of benzene rings is 1. The van der Waals surface area contributed by atoms with E-state index in [-0.39, 0.29) is 74.7 Å². The molecule has 0 atom stereocenters. The van der Waals surface area contributed by atoms with Crippen LogP contribution in [0, 0.1) is 0 Å². The van der Waals surface area contributed by atoms with Gasteiger partial charge in [-0.15, -0.1) is 0 Å². The maximum absolute atomic E-state index is 10.2. The van der Waals surface area contributed by atoms with Crippen LogP contribution < -0.4 is 56.5 Å². The summed E-state index contributed by atoms with van der Waals surface area (Å²) < 4.78 is 28.7. The number of carboxylic acid groups (broad SMARTS) is 2. The maximum Gasteiger partial charge on any atom is 1.00 e. The van der Waals surface area contributed by atoms with Crippen LogP contribution in [-0.2, 0) is 19.7 Å². The molecule has 0 amide bonds. The van der Waals surface area contributed by atoms with Crippen LogP contribution in [0.1, 0.15) is 39.2 Å². The Bertz CT molecular complexity index is 875. The number of carbonyl (C=O) groups is 2. The summed E-state index contributed by atoms with van der Waals surface area (Å²) in [5.74, 6) is -2.56. The smallest absolute Gasteiger partial charge is 0.545 e. The fraction of sp³-hybridized carbons (Fsp3) is 0.250. The van der Waals surface area contributed by atoms with Crippen LogP contribution in [-0.4, -0.2) is 35.8 Å². The van der Waals surface area contributed by atoms with Crippen molar-refractivity contribution in [2.45, 2.75) is 33.6 Å². The van der Waals surface area contributed by atoms with Crippen molar-refractivity contribution in [3.8, 4) is 0 Å².